The van der Waals surface area contributed by atoms with Gasteiger partial charge in [-0.3, -0.25) is 9.59 Å². The van der Waals surface area contributed by atoms with Gasteiger partial charge in [-0.2, -0.15) is 0 Å². The second-order valence-electron chi connectivity index (χ2n) is 6.62. The van der Waals surface area contributed by atoms with Crippen molar-refractivity contribution >= 4 is 17.3 Å². The number of hydrogen-bond donors (Lipinski definition) is 3. The van der Waals surface area contributed by atoms with Crippen LogP contribution in [0.3, 0.4) is 0 Å². The van der Waals surface area contributed by atoms with E-state index in [9.17, 15) is 19.8 Å². The van der Waals surface area contributed by atoms with E-state index >= 15 is 0 Å². The molecule has 0 saturated carbocycles. The Kier molecular flexibility index (Phi) is 3.18. The van der Waals surface area contributed by atoms with Crippen LogP contribution in [0.2, 0.25) is 0 Å². The number of fused-ring (bicyclic) bond motifs is 2. The molecule has 5 heteroatoms. The van der Waals surface area contributed by atoms with Gasteiger partial charge in [-0.1, -0.05) is 24.3 Å². The zero-order valence-corrected chi connectivity index (χ0v) is 13.1. The van der Waals surface area contributed by atoms with Crippen molar-refractivity contribution in [2.24, 2.45) is 0 Å². The Morgan fingerprint density at radius 3 is 1.96 bits per heavy atom. The number of phenolic OH excluding ortho intramolecular Hbond substituents is 2. The molecule has 5 nitrogen and oxygen atoms in total. The zero-order chi connectivity index (χ0) is 16.9. The van der Waals surface area contributed by atoms with Gasteiger partial charge in [0.2, 0.25) is 0 Å². The lowest BCUT2D eigenvalue weighted by Gasteiger charge is -2.26. The lowest BCUT2D eigenvalue weighted by Crippen LogP contribution is -2.27. The molecule has 1 aliphatic carbocycles. The third kappa shape index (κ3) is 2.34. The number of benzene rings is 2. The molecule has 0 amide bonds. The van der Waals surface area contributed by atoms with Crippen molar-refractivity contribution in [1.29, 1.82) is 0 Å². The molecule has 118 valence electrons. The van der Waals surface area contributed by atoms with Crippen LogP contribution >= 0.6 is 0 Å². The predicted molar refractivity (Wildman–Crippen MR) is 86.5 cm³/mol. The Labute approximate surface area is 133 Å². The molecule has 0 fully saturated rings. The van der Waals surface area contributed by atoms with E-state index in [1.165, 1.54) is 12.1 Å². The number of anilines is 1. The molecule has 0 atom stereocenters. The maximum Gasteiger partial charge on any atom is 0.198 e. The fraction of sp³-hybridized carbons (Fsp3) is 0.222. The highest BCUT2D eigenvalue weighted by molar-refractivity contribution is 6.30. The van der Waals surface area contributed by atoms with Gasteiger partial charge in [0.05, 0.1) is 16.8 Å². The van der Waals surface area contributed by atoms with E-state index in [4.69, 9.17) is 0 Å². The molecule has 0 radical (unpaired) electrons. The molecular formula is C18H17NO4. The summed E-state index contributed by atoms with van der Waals surface area (Å²) < 4.78 is 0. The van der Waals surface area contributed by atoms with Gasteiger partial charge < -0.3 is 15.5 Å². The number of nitrogens with one attached hydrogen (secondary N) is 1. The van der Waals surface area contributed by atoms with Gasteiger partial charge in [0.25, 0.3) is 0 Å². The molecule has 1 aliphatic rings. The SMILES string of the molecule is CC(C)(C)Nc1cc(O)c2c(c1O)C(=O)c1ccccc1C2=O. The summed E-state index contributed by atoms with van der Waals surface area (Å²) in [6, 6.07) is 7.66. The second-order valence-corrected chi connectivity index (χ2v) is 6.62. The van der Waals surface area contributed by atoms with Crippen LogP contribution in [0.5, 0.6) is 11.5 Å². The largest absolute Gasteiger partial charge is 0.507 e. The maximum atomic E-state index is 12.7. The number of hydrogen-bond acceptors (Lipinski definition) is 5. The number of ketones is 2. The van der Waals surface area contributed by atoms with Crippen LogP contribution in [-0.2, 0) is 0 Å². The van der Waals surface area contributed by atoms with Crippen molar-refractivity contribution in [3.05, 3.63) is 52.6 Å². The number of aromatic hydroxyl groups is 2. The number of carbonyl (C=O) groups excluding carboxylic acids is 2. The van der Waals surface area contributed by atoms with Crippen molar-refractivity contribution in [2.45, 2.75) is 26.3 Å². The summed E-state index contributed by atoms with van der Waals surface area (Å²) in [5, 5.41) is 23.8. The molecule has 0 bridgehead atoms. The highest BCUT2D eigenvalue weighted by Crippen LogP contribution is 2.42. The number of carbonyl (C=O) groups is 2. The second kappa shape index (κ2) is 4.84. The Morgan fingerprint density at radius 1 is 0.913 bits per heavy atom. The molecule has 2 aromatic carbocycles. The third-order valence-corrected chi connectivity index (χ3v) is 3.66. The van der Waals surface area contributed by atoms with Gasteiger partial charge in [0.1, 0.15) is 5.75 Å². The zero-order valence-electron chi connectivity index (χ0n) is 13.1. The van der Waals surface area contributed by atoms with Gasteiger partial charge in [-0.15, -0.1) is 0 Å². The van der Waals surface area contributed by atoms with Crippen molar-refractivity contribution in [3.63, 3.8) is 0 Å². The Balaban J connectivity index is 2.27. The van der Waals surface area contributed by atoms with E-state index in [-0.39, 0.29) is 39.4 Å². The lowest BCUT2D eigenvalue weighted by atomic mass is 9.82. The minimum Gasteiger partial charge on any atom is -0.507 e. The van der Waals surface area contributed by atoms with E-state index in [0.29, 0.717) is 0 Å². The quantitative estimate of drug-likeness (QED) is 0.475. The Hall–Kier alpha value is -2.82. The number of phenols is 2. The van der Waals surface area contributed by atoms with E-state index in [2.05, 4.69) is 5.32 Å². The van der Waals surface area contributed by atoms with Gasteiger partial charge in [0, 0.05) is 22.7 Å². The predicted octanol–water partition coefficient (Wildman–Crippen LogP) is 3.08. The molecule has 2 aromatic rings. The van der Waals surface area contributed by atoms with Crippen LogP contribution in [0.4, 0.5) is 5.69 Å². The molecule has 0 aromatic heterocycles. The van der Waals surface area contributed by atoms with Gasteiger partial charge >= 0.3 is 0 Å². The van der Waals surface area contributed by atoms with Crippen molar-refractivity contribution in [3.8, 4) is 11.5 Å². The van der Waals surface area contributed by atoms with Crippen LogP contribution in [0.1, 0.15) is 52.6 Å². The molecule has 0 heterocycles. The monoisotopic (exact) mass is 311 g/mol. The summed E-state index contributed by atoms with van der Waals surface area (Å²) in [5.41, 5.74) is -0.0122. The Morgan fingerprint density at radius 2 is 1.43 bits per heavy atom. The molecule has 0 spiro atoms. The summed E-state index contributed by atoms with van der Waals surface area (Å²) >= 11 is 0. The molecule has 0 unspecified atom stereocenters. The van der Waals surface area contributed by atoms with Crippen molar-refractivity contribution in [2.75, 3.05) is 5.32 Å². The molecule has 0 saturated heterocycles. The average Bonchev–Trinajstić information content (AvgIpc) is 2.46. The van der Waals surface area contributed by atoms with E-state index in [1.54, 1.807) is 18.2 Å². The van der Waals surface area contributed by atoms with Gasteiger partial charge in [-0.25, -0.2) is 0 Å². The normalized spacial score (nSPS) is 13.5. The van der Waals surface area contributed by atoms with E-state index < -0.39 is 17.1 Å². The molecule has 3 N–H and O–H groups in total. The summed E-state index contributed by atoms with van der Waals surface area (Å²) in [7, 11) is 0. The molecule has 23 heavy (non-hydrogen) atoms. The van der Waals surface area contributed by atoms with Crippen molar-refractivity contribution in [1.82, 2.24) is 0 Å². The molecular weight excluding hydrogens is 294 g/mol. The van der Waals surface area contributed by atoms with Crippen LogP contribution in [0.15, 0.2) is 30.3 Å². The summed E-state index contributed by atoms with van der Waals surface area (Å²) in [5.74, 6) is -1.58. The van der Waals surface area contributed by atoms with E-state index in [0.717, 1.165) is 0 Å². The first-order valence-electron chi connectivity index (χ1n) is 7.26. The first kappa shape index (κ1) is 15.1. The Bertz CT molecular complexity index is 847. The van der Waals surface area contributed by atoms with Crippen LogP contribution in [-0.4, -0.2) is 27.3 Å². The smallest absolute Gasteiger partial charge is 0.198 e. The average molecular weight is 311 g/mol. The third-order valence-electron chi connectivity index (χ3n) is 3.66. The lowest BCUT2D eigenvalue weighted by molar-refractivity contribution is 0.0974. The fourth-order valence-electron chi connectivity index (χ4n) is 2.76. The minimum absolute atomic E-state index is 0.148. The van der Waals surface area contributed by atoms with Crippen LogP contribution in [0.25, 0.3) is 0 Å². The first-order valence-corrected chi connectivity index (χ1v) is 7.26. The minimum atomic E-state index is -0.472. The topological polar surface area (TPSA) is 86.6 Å². The highest BCUT2D eigenvalue weighted by atomic mass is 16.3. The molecule has 0 aliphatic heterocycles. The standard InChI is InChI=1S/C18H17NO4/c1-18(2,3)19-11-8-12(20)13-14(17(11)23)16(22)10-7-5-4-6-9(10)15(13)21/h4-8,19-20,23H,1-3H3. The summed E-state index contributed by atoms with van der Waals surface area (Å²) in [6.45, 7) is 5.64. The van der Waals surface area contributed by atoms with Crippen LogP contribution < -0.4 is 5.32 Å². The van der Waals surface area contributed by atoms with Gasteiger partial charge in [0.15, 0.2) is 17.3 Å². The van der Waals surface area contributed by atoms with Crippen molar-refractivity contribution < 1.29 is 19.8 Å². The fourth-order valence-corrected chi connectivity index (χ4v) is 2.76. The van der Waals surface area contributed by atoms with E-state index in [1.807, 2.05) is 20.8 Å². The molecule has 3 rings (SSSR count). The summed E-state index contributed by atoms with van der Waals surface area (Å²) in [6.07, 6.45) is 0. The first-order chi connectivity index (χ1) is 10.7. The summed E-state index contributed by atoms with van der Waals surface area (Å²) in [4.78, 5) is 25.3. The number of rotatable bonds is 1. The maximum absolute atomic E-state index is 12.7. The highest BCUT2D eigenvalue weighted by Gasteiger charge is 2.35. The van der Waals surface area contributed by atoms with Gasteiger partial charge in [-0.05, 0) is 20.8 Å². The van der Waals surface area contributed by atoms with Crippen LogP contribution in [0, 0.1) is 0 Å².